The van der Waals surface area contributed by atoms with Crippen LogP contribution in [0.4, 0.5) is 0 Å². The molecule has 0 amide bonds. The number of hydrogen-bond donors (Lipinski definition) is 3. The van der Waals surface area contributed by atoms with E-state index >= 15 is 0 Å². The van der Waals surface area contributed by atoms with E-state index < -0.39 is 6.10 Å². The maximum Gasteiger partial charge on any atom is 0.122 e. The van der Waals surface area contributed by atoms with Gasteiger partial charge in [0.15, 0.2) is 0 Å². The SMILES string of the molecule is CCc1ccccc1OCC(O)C(C)NC(C)Cc1ccc(O)cc1. The number of aliphatic hydroxyl groups is 1. The van der Waals surface area contributed by atoms with Gasteiger partial charge in [-0.2, -0.15) is 0 Å². The van der Waals surface area contributed by atoms with Crippen LogP contribution in [0.1, 0.15) is 31.9 Å². The normalized spacial score (nSPS) is 14.7. The number of nitrogens with one attached hydrogen (secondary N) is 1. The molecule has 0 aliphatic carbocycles. The van der Waals surface area contributed by atoms with Gasteiger partial charge in [-0.05, 0) is 56.0 Å². The summed E-state index contributed by atoms with van der Waals surface area (Å²) in [6, 6.07) is 15.3. The molecule has 0 aromatic heterocycles. The Labute approximate surface area is 150 Å². The number of hydrogen-bond acceptors (Lipinski definition) is 4. The van der Waals surface area contributed by atoms with Gasteiger partial charge in [0.2, 0.25) is 0 Å². The van der Waals surface area contributed by atoms with Crippen molar-refractivity contribution in [1.29, 1.82) is 0 Å². The van der Waals surface area contributed by atoms with Gasteiger partial charge < -0.3 is 20.3 Å². The number of aryl methyl sites for hydroxylation is 1. The molecule has 0 saturated carbocycles. The van der Waals surface area contributed by atoms with Crippen molar-refractivity contribution in [3.05, 3.63) is 59.7 Å². The number of aliphatic hydroxyl groups excluding tert-OH is 1. The molecule has 3 N–H and O–H groups in total. The summed E-state index contributed by atoms with van der Waals surface area (Å²) >= 11 is 0. The molecule has 0 aliphatic heterocycles. The van der Waals surface area contributed by atoms with Crippen LogP contribution in [0.5, 0.6) is 11.5 Å². The van der Waals surface area contributed by atoms with Gasteiger partial charge in [-0.3, -0.25) is 0 Å². The van der Waals surface area contributed by atoms with Gasteiger partial charge in [-0.1, -0.05) is 37.3 Å². The van der Waals surface area contributed by atoms with Gasteiger partial charge in [-0.15, -0.1) is 0 Å². The predicted molar refractivity (Wildman–Crippen MR) is 101 cm³/mol. The molecule has 0 aliphatic rings. The van der Waals surface area contributed by atoms with Crippen LogP contribution in [0.2, 0.25) is 0 Å². The summed E-state index contributed by atoms with van der Waals surface area (Å²) < 4.78 is 5.81. The molecule has 0 fully saturated rings. The summed E-state index contributed by atoms with van der Waals surface area (Å²) in [6.07, 6.45) is 1.15. The van der Waals surface area contributed by atoms with E-state index in [2.05, 4.69) is 19.2 Å². The number of benzene rings is 2. The fourth-order valence-corrected chi connectivity index (χ4v) is 2.86. The second-order valence-electron chi connectivity index (χ2n) is 6.57. The highest BCUT2D eigenvalue weighted by atomic mass is 16.5. The Bertz CT molecular complexity index is 642. The standard InChI is InChI=1S/C21H29NO3/c1-4-18-7-5-6-8-21(18)25-14-20(24)16(3)22-15(2)13-17-9-11-19(23)12-10-17/h5-12,15-16,20,22-24H,4,13-14H2,1-3H3. The lowest BCUT2D eigenvalue weighted by Crippen LogP contribution is -2.45. The van der Waals surface area contributed by atoms with E-state index in [9.17, 15) is 10.2 Å². The highest BCUT2D eigenvalue weighted by molar-refractivity contribution is 5.33. The number of aromatic hydroxyl groups is 1. The van der Waals surface area contributed by atoms with Crippen molar-refractivity contribution in [2.75, 3.05) is 6.61 Å². The number of rotatable bonds is 9. The second-order valence-corrected chi connectivity index (χ2v) is 6.57. The first-order chi connectivity index (χ1) is 12.0. The summed E-state index contributed by atoms with van der Waals surface area (Å²) in [4.78, 5) is 0. The zero-order valence-corrected chi connectivity index (χ0v) is 15.3. The van der Waals surface area contributed by atoms with Gasteiger partial charge in [0, 0.05) is 12.1 Å². The average Bonchev–Trinajstić information content (AvgIpc) is 2.61. The van der Waals surface area contributed by atoms with E-state index in [4.69, 9.17) is 4.74 Å². The fraction of sp³-hybridized carbons (Fsp3) is 0.429. The first kappa shape index (κ1) is 19.3. The van der Waals surface area contributed by atoms with Gasteiger partial charge in [-0.25, -0.2) is 0 Å². The van der Waals surface area contributed by atoms with Crippen molar-refractivity contribution < 1.29 is 14.9 Å². The van der Waals surface area contributed by atoms with E-state index in [1.807, 2.05) is 43.3 Å². The molecule has 3 unspecified atom stereocenters. The number of phenols is 1. The molecule has 4 heteroatoms. The summed E-state index contributed by atoms with van der Waals surface area (Å²) in [5.41, 5.74) is 2.30. The lowest BCUT2D eigenvalue weighted by molar-refractivity contribution is 0.0748. The smallest absolute Gasteiger partial charge is 0.122 e. The van der Waals surface area contributed by atoms with Gasteiger partial charge in [0.05, 0.1) is 0 Å². The molecule has 3 atom stereocenters. The molecule has 0 saturated heterocycles. The number of ether oxygens (including phenoxy) is 1. The molecule has 0 radical (unpaired) electrons. The molecule has 2 aromatic rings. The molecule has 2 aromatic carbocycles. The van der Waals surface area contributed by atoms with Crippen LogP contribution >= 0.6 is 0 Å². The zero-order valence-electron chi connectivity index (χ0n) is 15.3. The third-order valence-electron chi connectivity index (χ3n) is 4.37. The third kappa shape index (κ3) is 6.07. The van der Waals surface area contributed by atoms with Gasteiger partial charge >= 0.3 is 0 Å². The fourth-order valence-electron chi connectivity index (χ4n) is 2.86. The number of para-hydroxylation sites is 1. The van der Waals surface area contributed by atoms with Crippen LogP contribution in [0.15, 0.2) is 48.5 Å². The van der Waals surface area contributed by atoms with Crippen molar-refractivity contribution in [1.82, 2.24) is 5.32 Å². The molecular formula is C21H29NO3. The Morgan fingerprint density at radius 2 is 1.72 bits per heavy atom. The van der Waals surface area contributed by atoms with Crippen molar-refractivity contribution in [3.8, 4) is 11.5 Å². The highest BCUT2D eigenvalue weighted by Gasteiger charge is 2.17. The molecule has 2 rings (SSSR count). The van der Waals surface area contributed by atoms with Crippen molar-refractivity contribution in [2.24, 2.45) is 0 Å². The predicted octanol–water partition coefficient (Wildman–Crippen LogP) is 3.30. The highest BCUT2D eigenvalue weighted by Crippen LogP contribution is 2.18. The molecule has 25 heavy (non-hydrogen) atoms. The van der Waals surface area contributed by atoms with Crippen LogP contribution < -0.4 is 10.1 Å². The van der Waals surface area contributed by atoms with E-state index in [0.717, 1.165) is 29.7 Å². The second kappa shape index (κ2) is 9.44. The van der Waals surface area contributed by atoms with Crippen molar-refractivity contribution in [2.45, 2.75) is 51.8 Å². The molecular weight excluding hydrogens is 314 g/mol. The molecule has 0 bridgehead atoms. The van der Waals surface area contributed by atoms with Crippen molar-refractivity contribution >= 4 is 0 Å². The monoisotopic (exact) mass is 343 g/mol. The summed E-state index contributed by atoms with van der Waals surface area (Å²) in [5.74, 6) is 1.12. The Kier molecular flexibility index (Phi) is 7.29. The molecule has 0 spiro atoms. The van der Waals surface area contributed by atoms with Crippen LogP contribution in [0.25, 0.3) is 0 Å². The minimum absolute atomic E-state index is 0.0825. The average molecular weight is 343 g/mol. The minimum atomic E-state index is -0.591. The Morgan fingerprint density at radius 3 is 2.40 bits per heavy atom. The Morgan fingerprint density at radius 1 is 1.04 bits per heavy atom. The van der Waals surface area contributed by atoms with Crippen LogP contribution in [0.3, 0.4) is 0 Å². The minimum Gasteiger partial charge on any atom is -0.508 e. The maximum atomic E-state index is 10.4. The van der Waals surface area contributed by atoms with E-state index in [0.29, 0.717) is 0 Å². The van der Waals surface area contributed by atoms with Gasteiger partial charge in [0.1, 0.15) is 24.2 Å². The first-order valence-corrected chi connectivity index (χ1v) is 8.92. The maximum absolute atomic E-state index is 10.4. The molecule has 0 heterocycles. The zero-order chi connectivity index (χ0) is 18.2. The summed E-state index contributed by atoms with van der Waals surface area (Å²) in [5, 5.41) is 23.1. The summed E-state index contributed by atoms with van der Waals surface area (Å²) in [6.45, 7) is 6.40. The van der Waals surface area contributed by atoms with E-state index in [1.54, 1.807) is 12.1 Å². The third-order valence-corrected chi connectivity index (χ3v) is 4.37. The van der Waals surface area contributed by atoms with E-state index in [-0.39, 0.29) is 24.4 Å². The Balaban J connectivity index is 1.80. The van der Waals surface area contributed by atoms with Gasteiger partial charge in [0.25, 0.3) is 0 Å². The van der Waals surface area contributed by atoms with Crippen LogP contribution in [-0.4, -0.2) is 35.0 Å². The summed E-state index contributed by atoms with van der Waals surface area (Å²) in [7, 11) is 0. The lowest BCUT2D eigenvalue weighted by Gasteiger charge is -2.25. The number of phenolic OH excluding ortho intramolecular Hbond substituents is 1. The quantitative estimate of drug-likeness (QED) is 0.654. The van der Waals surface area contributed by atoms with Crippen LogP contribution in [-0.2, 0) is 12.8 Å². The largest absolute Gasteiger partial charge is 0.508 e. The Hall–Kier alpha value is -2.04. The van der Waals surface area contributed by atoms with E-state index in [1.165, 1.54) is 0 Å². The first-order valence-electron chi connectivity index (χ1n) is 8.92. The molecule has 4 nitrogen and oxygen atoms in total. The lowest BCUT2D eigenvalue weighted by atomic mass is 10.1. The topological polar surface area (TPSA) is 61.7 Å². The molecule has 136 valence electrons. The van der Waals surface area contributed by atoms with Crippen LogP contribution in [0, 0.1) is 0 Å². The van der Waals surface area contributed by atoms with Crippen molar-refractivity contribution in [3.63, 3.8) is 0 Å².